The Labute approximate surface area is 818 Å². The van der Waals surface area contributed by atoms with Gasteiger partial charge < -0.3 is 35.5 Å². The van der Waals surface area contributed by atoms with Gasteiger partial charge in [0.05, 0.1) is 45.3 Å². The van der Waals surface area contributed by atoms with Gasteiger partial charge in [-0.2, -0.15) is 0 Å². The molecule has 15 aromatic rings. The molecule has 125 heavy (non-hydrogen) atoms. The molecule has 0 fully saturated rings. The number of rotatable bonds is 10. The number of nitrogens with zero attached hydrogens (tertiary/aromatic N) is 5. The number of halogens is 5. The molecule has 0 aliphatic heterocycles. The number of aromatic nitrogens is 5. The molecule has 0 amide bonds. The number of hydrogen-bond acceptors (Lipinski definition) is 15. The van der Waals surface area contributed by atoms with E-state index in [9.17, 15) is 32.8 Å². The van der Waals surface area contributed by atoms with Gasteiger partial charge in [0.1, 0.15) is 0 Å². The normalized spacial score (nSPS) is 10.4. The number of hydrogen-bond donors (Lipinski definition) is 5. The molecule has 5 radical (unpaired) electrons. The summed E-state index contributed by atoms with van der Waals surface area (Å²) in [5, 5.41) is 51.1. The number of fused-ring (bicyclic) bond motifs is 5. The van der Waals surface area contributed by atoms with Crippen molar-refractivity contribution in [2.45, 2.75) is 69.2 Å². The van der Waals surface area contributed by atoms with E-state index >= 15 is 0 Å². The van der Waals surface area contributed by atoms with Crippen molar-refractivity contribution in [3.8, 4) is 56.3 Å². The van der Waals surface area contributed by atoms with Crippen LogP contribution in [0.1, 0.15) is 69.2 Å². The van der Waals surface area contributed by atoms with E-state index in [2.05, 4.69) is 114 Å². The van der Waals surface area contributed by atoms with Crippen LogP contribution in [0.5, 0.6) is 0 Å². The predicted octanol–water partition coefficient (Wildman–Crippen LogP) is 25.9. The number of aliphatic hydroxyl groups is 5. The summed E-state index contributed by atoms with van der Waals surface area (Å²) in [6.07, 6.45) is 9.41. The monoisotopic (exact) mass is 2720 g/mol. The van der Waals surface area contributed by atoms with Crippen molar-refractivity contribution >= 4 is 129 Å². The van der Waals surface area contributed by atoms with Crippen LogP contribution >= 0.6 is 45.8 Å². The first-order valence-corrected chi connectivity index (χ1v) is 38.7. The molecule has 0 atom stereocenters. The second kappa shape index (κ2) is 60.4. The average Bonchev–Trinajstić information content (AvgIpc) is 0.814. The molecular weight excluding hydrogens is 2630 g/mol. The maximum absolute atomic E-state index is 13.1. The van der Waals surface area contributed by atoms with Crippen molar-refractivity contribution in [2.75, 3.05) is 0 Å². The van der Waals surface area contributed by atoms with E-state index in [1.807, 2.05) is 188 Å². The second-order valence-corrected chi connectivity index (χ2v) is 28.1. The minimum absolute atomic E-state index is 0. The molecule has 0 saturated carbocycles. The Kier molecular flexibility index (Phi) is 54.4. The van der Waals surface area contributed by atoms with E-state index < -0.39 is 0 Å². The van der Waals surface area contributed by atoms with Gasteiger partial charge in [-0.25, -0.2) is 4.39 Å². The fourth-order valence-electron chi connectivity index (χ4n) is 10.7. The zero-order valence-electron chi connectivity index (χ0n) is 68.9. The SMILES string of the molecule is CC(=O)C=C(C)O.CC(=O)C=C(C)O.CC(=O)C=C(C)O.CC(=O)C=C(C)O.CC(=O)C=C(C)O.Clc1c[c-]c(-c2nccc3ccccc23)cc1.Clc1cc[c-]c(-c2ccc3ccccc3n2)c1.Fc1c[c-]c(-c2nccc3ccccc23)cc1.Fc1cc[c-]c(-c2ccc3ccccc3n2)c1.Ic1cc[c-]c(-c2ccc3ccccc3n2)c1.[Ir].[Ir].[Ir].[Ir].[Ir]. The Balaban J connectivity index is 0.000000709. The first-order valence-electron chi connectivity index (χ1n) is 36.8. The molecular formula is C100H85Cl2F2IIr5N5O10-5. The maximum Gasteiger partial charge on any atom is 0.155 e. The Morgan fingerprint density at radius 1 is 0.320 bits per heavy atom. The summed E-state index contributed by atoms with van der Waals surface area (Å²) in [5.41, 5.74) is 11.7. The fraction of sp³-hybridized carbons (Fsp3) is 0.100. The third-order valence-corrected chi connectivity index (χ3v) is 16.5. The van der Waals surface area contributed by atoms with Crippen LogP contribution in [0.15, 0.2) is 332 Å². The van der Waals surface area contributed by atoms with Crippen LogP contribution in [0, 0.1) is 45.5 Å². The fourth-order valence-corrected chi connectivity index (χ4v) is 11.4. The minimum Gasteiger partial charge on any atom is -0.512 e. The van der Waals surface area contributed by atoms with E-state index in [0.717, 1.165) is 94.2 Å². The predicted molar refractivity (Wildman–Crippen MR) is 488 cm³/mol. The van der Waals surface area contributed by atoms with Crippen molar-refractivity contribution in [1.29, 1.82) is 0 Å². The number of allylic oxidation sites excluding steroid dienone is 10. The van der Waals surface area contributed by atoms with Gasteiger partial charge in [0.15, 0.2) is 28.9 Å². The Bertz CT molecular complexity index is 5570. The largest absolute Gasteiger partial charge is 0.512 e. The van der Waals surface area contributed by atoms with Gasteiger partial charge in [-0.1, -0.05) is 166 Å². The van der Waals surface area contributed by atoms with Gasteiger partial charge in [0.25, 0.3) is 0 Å². The van der Waals surface area contributed by atoms with E-state index in [4.69, 9.17) is 48.7 Å². The summed E-state index contributed by atoms with van der Waals surface area (Å²) in [7, 11) is 0. The molecule has 655 valence electrons. The van der Waals surface area contributed by atoms with E-state index in [1.54, 1.807) is 24.4 Å². The van der Waals surface area contributed by atoms with Crippen LogP contribution in [-0.4, -0.2) is 79.4 Å². The maximum atomic E-state index is 13.1. The molecule has 5 aromatic heterocycles. The molecule has 0 aliphatic rings. The van der Waals surface area contributed by atoms with Gasteiger partial charge in [-0.05, 0) is 176 Å². The number of para-hydroxylation sites is 3. The molecule has 5 N–H and O–H groups in total. The average molecular weight is 2710 g/mol. The summed E-state index contributed by atoms with van der Waals surface area (Å²) in [5.74, 6) is -0.866. The zero-order chi connectivity index (χ0) is 87.6. The first kappa shape index (κ1) is 113. The summed E-state index contributed by atoms with van der Waals surface area (Å²) in [4.78, 5) is 72.6. The molecule has 0 spiro atoms. The summed E-state index contributed by atoms with van der Waals surface area (Å²) in [6.45, 7) is 14.2. The van der Waals surface area contributed by atoms with Gasteiger partial charge in [-0.15, -0.1) is 172 Å². The van der Waals surface area contributed by atoms with Gasteiger partial charge >= 0.3 is 0 Å². The van der Waals surface area contributed by atoms with Gasteiger partial charge in [0.2, 0.25) is 0 Å². The van der Waals surface area contributed by atoms with Crippen molar-refractivity contribution in [1.82, 2.24) is 24.9 Å². The summed E-state index contributed by atoms with van der Waals surface area (Å²) in [6, 6.07) is 97.7. The van der Waals surface area contributed by atoms with Crippen LogP contribution in [0.3, 0.4) is 0 Å². The number of benzene rings is 10. The van der Waals surface area contributed by atoms with Crippen LogP contribution in [0.4, 0.5) is 8.78 Å². The van der Waals surface area contributed by atoms with E-state index in [-0.39, 0.29) is 170 Å². The number of pyridine rings is 5. The number of carbonyl (C=O) groups excluding carboxylic acids is 5. The molecule has 5 heterocycles. The van der Waals surface area contributed by atoms with Crippen molar-refractivity contribution in [3.05, 3.63) is 388 Å². The number of aliphatic hydroxyl groups excluding tert-OH is 5. The van der Waals surface area contributed by atoms with Gasteiger partial charge in [0, 0.05) is 155 Å². The van der Waals surface area contributed by atoms with Crippen LogP contribution in [0.2, 0.25) is 10.0 Å². The molecule has 0 saturated heterocycles. The minimum atomic E-state index is -0.283. The Hall–Kier alpha value is -10.3. The third kappa shape index (κ3) is 43.0. The molecule has 25 heteroatoms. The van der Waals surface area contributed by atoms with E-state index in [1.165, 1.54) is 138 Å². The third-order valence-electron chi connectivity index (χ3n) is 15.4. The number of carbonyl (C=O) groups is 5. The van der Waals surface area contributed by atoms with Gasteiger partial charge in [-0.3, -0.25) is 43.3 Å². The number of ketones is 5. The van der Waals surface area contributed by atoms with E-state index in [0.29, 0.717) is 15.6 Å². The molecule has 15 rings (SSSR count). The van der Waals surface area contributed by atoms with Crippen molar-refractivity contribution in [3.63, 3.8) is 0 Å². The molecule has 10 aromatic carbocycles. The molecule has 0 unspecified atom stereocenters. The topological polar surface area (TPSA) is 251 Å². The Morgan fingerprint density at radius 3 is 0.952 bits per heavy atom. The summed E-state index contributed by atoms with van der Waals surface area (Å²) < 4.78 is 27.2. The quantitative estimate of drug-likeness (QED) is 0.0369. The standard InChI is InChI=1S/2C15H9ClN.2C15H9FN.C15H9IN.5C5H8O2.5Ir/c16-13-6-3-5-12(10-13)15-9-8-11-4-1-2-7-14(11)17-15;16-13-7-5-12(6-8-13)15-14-4-2-1-3-11(14)9-10-17-15;16-13-6-3-5-12(10-13)15-9-8-11-4-1-2-7-14(11)17-15;16-13-7-5-12(6-8-13)15-14-4-2-1-3-11(14)9-10-17-15;16-13-6-3-5-12(10-13)15-9-8-11-4-1-2-7-14(11)17-15;5*1-4(6)3-5(2)7;;;;;/h1-4,6-10H;1-5,7-10H;1-4,6-10H;1-5,7-10H;1-4,6-10H;5*3,6H,1-2H3;;;;;/q5*-1;;;;;;;;;;. The second-order valence-electron chi connectivity index (χ2n) is 26.0. The van der Waals surface area contributed by atoms with Crippen molar-refractivity contribution < 1.29 is 159 Å². The van der Waals surface area contributed by atoms with Crippen LogP contribution in [-0.2, 0) is 124 Å². The molecule has 0 aliphatic carbocycles. The molecule has 0 bridgehead atoms. The smallest absolute Gasteiger partial charge is 0.155 e. The zero-order valence-corrected chi connectivity index (χ0v) is 84.6. The van der Waals surface area contributed by atoms with Crippen LogP contribution < -0.4 is 0 Å². The Morgan fingerprint density at radius 2 is 0.640 bits per heavy atom. The van der Waals surface area contributed by atoms with Crippen molar-refractivity contribution in [2.24, 2.45) is 0 Å². The first-order chi connectivity index (χ1) is 57.3. The molecule has 15 nitrogen and oxygen atoms in total. The summed E-state index contributed by atoms with van der Waals surface area (Å²) >= 11 is 14.1. The van der Waals surface area contributed by atoms with Crippen LogP contribution in [0.25, 0.3) is 111 Å².